The molecule has 1 unspecified atom stereocenters. The fourth-order valence-electron chi connectivity index (χ4n) is 4.01. The normalized spacial score (nSPS) is 20.2. The zero-order valence-corrected chi connectivity index (χ0v) is 16.1. The molecule has 1 heterocycles. The van der Waals surface area contributed by atoms with Crippen LogP contribution in [-0.4, -0.2) is 42.8 Å². The summed E-state index contributed by atoms with van der Waals surface area (Å²) in [5, 5.41) is 7.81. The van der Waals surface area contributed by atoms with Gasteiger partial charge in [-0.3, -0.25) is 4.90 Å². The minimum Gasteiger partial charge on any atom is -0.497 e. The highest BCUT2D eigenvalue weighted by molar-refractivity contribution is 7.80. The van der Waals surface area contributed by atoms with Crippen molar-refractivity contribution in [3.8, 4) is 5.75 Å². The number of nitrogens with zero attached hydrogens (tertiary/aromatic N) is 1. The van der Waals surface area contributed by atoms with E-state index in [-0.39, 0.29) is 0 Å². The molecular weight excluding hydrogens is 330 g/mol. The maximum Gasteiger partial charge on any atom is 0.166 e. The van der Waals surface area contributed by atoms with Crippen LogP contribution in [0.3, 0.4) is 0 Å². The van der Waals surface area contributed by atoms with Gasteiger partial charge in [-0.05, 0) is 68.7 Å². The van der Waals surface area contributed by atoms with Crippen LogP contribution in [0.2, 0.25) is 0 Å². The first-order valence-electron chi connectivity index (χ1n) is 9.68. The van der Waals surface area contributed by atoms with Gasteiger partial charge in [-0.2, -0.15) is 0 Å². The van der Waals surface area contributed by atoms with Gasteiger partial charge in [-0.15, -0.1) is 0 Å². The molecule has 1 aliphatic heterocycles. The summed E-state index contributed by atoms with van der Waals surface area (Å²) in [6, 6.07) is 9.38. The van der Waals surface area contributed by atoms with Gasteiger partial charge < -0.3 is 15.4 Å². The van der Waals surface area contributed by atoms with Gasteiger partial charge in [0.15, 0.2) is 5.11 Å². The van der Waals surface area contributed by atoms with Crippen molar-refractivity contribution in [2.24, 2.45) is 0 Å². The predicted octanol–water partition coefficient (Wildman–Crippen LogP) is 3.63. The number of benzene rings is 1. The molecule has 1 atom stereocenters. The van der Waals surface area contributed by atoms with Crippen LogP contribution in [0.5, 0.6) is 5.75 Å². The van der Waals surface area contributed by atoms with Crippen LogP contribution in [0.25, 0.3) is 0 Å². The van der Waals surface area contributed by atoms with E-state index in [0.29, 0.717) is 12.1 Å². The standard InChI is InChI=1S/C20H31N3OS/c1-24-18-11-9-16(10-12-18)19(23-13-5-6-14-23)15-21-20(25)22-17-7-3-2-4-8-17/h9-12,17,19H,2-8,13-15H2,1H3,(H2,21,22,25). The molecule has 1 aromatic carbocycles. The number of nitrogens with one attached hydrogen (secondary N) is 2. The predicted molar refractivity (Wildman–Crippen MR) is 107 cm³/mol. The molecule has 138 valence electrons. The lowest BCUT2D eigenvalue weighted by Crippen LogP contribution is -2.45. The topological polar surface area (TPSA) is 36.5 Å². The fraction of sp³-hybridized carbons (Fsp3) is 0.650. The van der Waals surface area contributed by atoms with Crippen molar-refractivity contribution in [1.82, 2.24) is 15.5 Å². The molecule has 25 heavy (non-hydrogen) atoms. The highest BCUT2D eigenvalue weighted by atomic mass is 32.1. The molecule has 1 saturated heterocycles. The van der Waals surface area contributed by atoms with Crippen molar-refractivity contribution in [1.29, 1.82) is 0 Å². The Morgan fingerprint density at radius 1 is 1.12 bits per heavy atom. The first-order chi connectivity index (χ1) is 12.3. The third-order valence-electron chi connectivity index (χ3n) is 5.48. The molecule has 1 aliphatic carbocycles. The maximum atomic E-state index is 5.56. The second kappa shape index (κ2) is 9.39. The molecule has 4 nitrogen and oxygen atoms in total. The molecule has 0 aromatic heterocycles. The van der Waals surface area contributed by atoms with E-state index in [9.17, 15) is 0 Å². The van der Waals surface area contributed by atoms with Gasteiger partial charge in [0.25, 0.3) is 0 Å². The van der Waals surface area contributed by atoms with E-state index >= 15 is 0 Å². The molecule has 5 heteroatoms. The van der Waals surface area contributed by atoms with Crippen LogP contribution in [0, 0.1) is 0 Å². The van der Waals surface area contributed by atoms with Gasteiger partial charge in [0.1, 0.15) is 5.75 Å². The lowest BCUT2D eigenvalue weighted by Gasteiger charge is -2.30. The Morgan fingerprint density at radius 3 is 2.44 bits per heavy atom. The Bertz CT molecular complexity index is 536. The van der Waals surface area contributed by atoms with Gasteiger partial charge in [0.2, 0.25) is 0 Å². The lowest BCUT2D eigenvalue weighted by molar-refractivity contribution is 0.245. The van der Waals surface area contributed by atoms with Crippen molar-refractivity contribution in [3.63, 3.8) is 0 Å². The van der Waals surface area contributed by atoms with Gasteiger partial charge in [0, 0.05) is 12.6 Å². The van der Waals surface area contributed by atoms with Crippen molar-refractivity contribution >= 4 is 17.3 Å². The Kier molecular flexibility index (Phi) is 6.93. The molecular formula is C20H31N3OS. The van der Waals surface area contributed by atoms with Crippen LogP contribution < -0.4 is 15.4 Å². The molecule has 0 spiro atoms. The highest BCUT2D eigenvalue weighted by Gasteiger charge is 2.24. The van der Waals surface area contributed by atoms with Gasteiger partial charge in [-0.25, -0.2) is 0 Å². The van der Waals surface area contributed by atoms with Crippen LogP contribution in [0.4, 0.5) is 0 Å². The molecule has 2 fully saturated rings. The van der Waals surface area contributed by atoms with E-state index < -0.39 is 0 Å². The SMILES string of the molecule is COc1ccc(C(CNC(=S)NC2CCCCC2)N2CCCC2)cc1. The van der Waals surface area contributed by atoms with Gasteiger partial charge in [0.05, 0.1) is 13.2 Å². The molecule has 0 bridgehead atoms. The summed E-state index contributed by atoms with van der Waals surface area (Å²) in [4.78, 5) is 2.57. The summed E-state index contributed by atoms with van der Waals surface area (Å²) in [6.07, 6.45) is 9.08. The van der Waals surface area contributed by atoms with E-state index in [1.165, 1.54) is 63.6 Å². The second-order valence-corrected chi connectivity index (χ2v) is 7.63. The minimum absolute atomic E-state index is 0.361. The van der Waals surface area contributed by atoms with Crippen LogP contribution in [-0.2, 0) is 0 Å². The monoisotopic (exact) mass is 361 g/mol. The molecule has 2 aliphatic rings. The van der Waals surface area contributed by atoms with E-state index in [4.69, 9.17) is 17.0 Å². The summed E-state index contributed by atoms with van der Waals surface area (Å²) >= 11 is 5.56. The first-order valence-corrected chi connectivity index (χ1v) is 10.1. The number of methoxy groups -OCH3 is 1. The lowest BCUT2D eigenvalue weighted by atomic mass is 9.96. The van der Waals surface area contributed by atoms with Crippen LogP contribution in [0.15, 0.2) is 24.3 Å². The van der Waals surface area contributed by atoms with Gasteiger partial charge >= 0.3 is 0 Å². The Balaban J connectivity index is 1.58. The average Bonchev–Trinajstić information content (AvgIpc) is 3.18. The van der Waals surface area contributed by atoms with Gasteiger partial charge in [-0.1, -0.05) is 31.4 Å². The van der Waals surface area contributed by atoms with Crippen LogP contribution in [0.1, 0.15) is 56.6 Å². The number of likely N-dealkylation sites (tertiary alicyclic amines) is 1. The summed E-state index contributed by atoms with van der Waals surface area (Å²) in [5.74, 6) is 0.909. The maximum absolute atomic E-state index is 5.56. The number of hydrogen-bond donors (Lipinski definition) is 2. The summed E-state index contributed by atoms with van der Waals surface area (Å²) < 4.78 is 5.30. The summed E-state index contributed by atoms with van der Waals surface area (Å²) in [7, 11) is 1.71. The smallest absolute Gasteiger partial charge is 0.166 e. The quantitative estimate of drug-likeness (QED) is 0.757. The Morgan fingerprint density at radius 2 is 1.80 bits per heavy atom. The summed E-state index contributed by atoms with van der Waals surface area (Å²) in [6.45, 7) is 3.19. The zero-order valence-electron chi connectivity index (χ0n) is 15.3. The summed E-state index contributed by atoms with van der Waals surface area (Å²) in [5.41, 5.74) is 1.33. The van der Waals surface area contributed by atoms with Crippen LogP contribution >= 0.6 is 12.2 Å². The largest absolute Gasteiger partial charge is 0.497 e. The first kappa shape index (κ1) is 18.5. The minimum atomic E-state index is 0.361. The second-order valence-electron chi connectivity index (χ2n) is 7.22. The molecule has 2 N–H and O–H groups in total. The number of ether oxygens (including phenoxy) is 1. The number of thiocarbonyl (C=S) groups is 1. The Hall–Kier alpha value is -1.33. The Labute approximate surface area is 157 Å². The molecule has 3 rings (SSSR count). The van der Waals surface area contributed by atoms with Crippen molar-refractivity contribution in [2.45, 2.75) is 57.0 Å². The highest BCUT2D eigenvalue weighted by Crippen LogP contribution is 2.26. The third kappa shape index (κ3) is 5.32. The average molecular weight is 362 g/mol. The molecule has 1 saturated carbocycles. The third-order valence-corrected chi connectivity index (χ3v) is 5.74. The molecule has 0 radical (unpaired) electrons. The van der Waals surface area contributed by atoms with Crippen molar-refractivity contribution < 1.29 is 4.74 Å². The van der Waals surface area contributed by atoms with E-state index in [1.807, 2.05) is 0 Å². The molecule has 0 amide bonds. The zero-order chi connectivity index (χ0) is 17.5. The van der Waals surface area contributed by atoms with E-state index in [1.54, 1.807) is 7.11 Å². The van der Waals surface area contributed by atoms with Crippen molar-refractivity contribution in [2.75, 3.05) is 26.7 Å². The van der Waals surface area contributed by atoms with Crippen molar-refractivity contribution in [3.05, 3.63) is 29.8 Å². The van der Waals surface area contributed by atoms with E-state index in [0.717, 1.165) is 17.4 Å². The number of rotatable bonds is 6. The fourth-order valence-corrected chi connectivity index (χ4v) is 4.26. The molecule has 1 aromatic rings. The number of hydrogen-bond acceptors (Lipinski definition) is 3. The van der Waals surface area contributed by atoms with E-state index in [2.05, 4.69) is 39.8 Å².